The molecule has 0 radical (unpaired) electrons. The molecule has 0 aromatic heterocycles. The van der Waals surface area contributed by atoms with Crippen LogP contribution in [-0.4, -0.2) is 25.3 Å². The number of sulfonamides is 1. The van der Waals surface area contributed by atoms with Crippen molar-refractivity contribution in [2.45, 2.75) is 44.0 Å². The van der Waals surface area contributed by atoms with Gasteiger partial charge >= 0.3 is 0 Å². The summed E-state index contributed by atoms with van der Waals surface area (Å²) in [6, 6.07) is 3.54. The number of nitrogens with two attached hydrogens (primary N) is 1. The van der Waals surface area contributed by atoms with E-state index < -0.39 is 15.8 Å². The molecule has 1 aliphatic rings. The predicted octanol–water partition coefficient (Wildman–Crippen LogP) is 2.61. The molecule has 0 unspecified atom stereocenters. The van der Waals surface area contributed by atoms with E-state index in [1.807, 2.05) is 0 Å². The van der Waals surface area contributed by atoms with E-state index in [1.165, 1.54) is 10.4 Å². The van der Waals surface area contributed by atoms with E-state index in [2.05, 4.69) is 13.8 Å². The molecule has 0 amide bonds. The Labute approximate surface area is 119 Å². The van der Waals surface area contributed by atoms with Gasteiger partial charge < -0.3 is 5.73 Å². The molecule has 0 aliphatic heterocycles. The normalized spacial score (nSPS) is 16.1. The third kappa shape index (κ3) is 3.49. The maximum Gasteiger partial charge on any atom is 0.243 e. The highest BCUT2D eigenvalue weighted by atomic mass is 32.2. The van der Waals surface area contributed by atoms with Crippen LogP contribution in [0.15, 0.2) is 23.1 Å². The molecule has 1 saturated carbocycles. The Morgan fingerprint density at radius 1 is 1.35 bits per heavy atom. The van der Waals surface area contributed by atoms with Gasteiger partial charge in [0.1, 0.15) is 5.82 Å². The van der Waals surface area contributed by atoms with Gasteiger partial charge in [0, 0.05) is 18.3 Å². The molecule has 2 N–H and O–H groups in total. The van der Waals surface area contributed by atoms with Gasteiger partial charge in [-0.3, -0.25) is 0 Å². The summed E-state index contributed by atoms with van der Waals surface area (Å²) >= 11 is 0. The van der Waals surface area contributed by atoms with Gasteiger partial charge in [-0.1, -0.05) is 13.8 Å². The lowest BCUT2D eigenvalue weighted by Gasteiger charge is -2.23. The summed E-state index contributed by atoms with van der Waals surface area (Å²) < 4.78 is 40.2. The van der Waals surface area contributed by atoms with Crippen molar-refractivity contribution in [3.05, 3.63) is 24.0 Å². The van der Waals surface area contributed by atoms with Gasteiger partial charge in [-0.15, -0.1) is 0 Å². The molecule has 1 aliphatic carbocycles. The second-order valence-corrected chi connectivity index (χ2v) is 7.64. The first-order valence-electron chi connectivity index (χ1n) is 6.88. The summed E-state index contributed by atoms with van der Waals surface area (Å²) in [5.41, 5.74) is 5.68. The highest BCUT2D eigenvalue weighted by Crippen LogP contribution is 2.33. The van der Waals surface area contributed by atoms with Gasteiger partial charge in [-0.25, -0.2) is 12.8 Å². The van der Waals surface area contributed by atoms with E-state index in [0.717, 1.165) is 31.4 Å². The lowest BCUT2D eigenvalue weighted by atomic mass is 10.1. The van der Waals surface area contributed by atoms with Crippen molar-refractivity contribution in [3.63, 3.8) is 0 Å². The Bertz CT molecular complexity index is 563. The number of benzene rings is 1. The molecular weight excluding hydrogens is 279 g/mol. The summed E-state index contributed by atoms with van der Waals surface area (Å²) in [6.45, 7) is 4.58. The Hall–Kier alpha value is -1.14. The molecule has 1 aromatic carbocycles. The number of halogens is 1. The van der Waals surface area contributed by atoms with Gasteiger partial charge in [0.05, 0.1) is 4.90 Å². The molecule has 2 rings (SSSR count). The van der Waals surface area contributed by atoms with Crippen molar-refractivity contribution in [2.24, 2.45) is 5.92 Å². The Morgan fingerprint density at radius 3 is 2.50 bits per heavy atom. The van der Waals surface area contributed by atoms with E-state index >= 15 is 0 Å². The maximum absolute atomic E-state index is 13.4. The van der Waals surface area contributed by atoms with Crippen LogP contribution in [0, 0.1) is 11.7 Å². The van der Waals surface area contributed by atoms with Gasteiger partial charge in [0.25, 0.3) is 0 Å². The van der Waals surface area contributed by atoms with Crippen molar-refractivity contribution in [1.82, 2.24) is 4.31 Å². The number of rotatable bonds is 6. The summed E-state index contributed by atoms with van der Waals surface area (Å²) in [6.07, 6.45) is 2.55. The minimum absolute atomic E-state index is 0.0503. The minimum atomic E-state index is -3.67. The Morgan fingerprint density at radius 2 is 2.00 bits per heavy atom. The van der Waals surface area contributed by atoms with Crippen LogP contribution in [0.3, 0.4) is 0 Å². The summed E-state index contributed by atoms with van der Waals surface area (Å²) in [7, 11) is -3.67. The number of nitrogens with zero attached hydrogens (tertiary/aromatic N) is 1. The number of hydrogen-bond acceptors (Lipinski definition) is 3. The van der Waals surface area contributed by atoms with Gasteiger partial charge in [0.2, 0.25) is 10.0 Å². The highest BCUT2D eigenvalue weighted by molar-refractivity contribution is 7.89. The van der Waals surface area contributed by atoms with E-state index in [-0.39, 0.29) is 16.6 Å². The van der Waals surface area contributed by atoms with Crippen LogP contribution in [0.2, 0.25) is 0 Å². The van der Waals surface area contributed by atoms with Crippen LogP contribution in [0.25, 0.3) is 0 Å². The molecule has 6 heteroatoms. The molecule has 4 nitrogen and oxygen atoms in total. The zero-order valence-electron chi connectivity index (χ0n) is 11.8. The van der Waals surface area contributed by atoms with Crippen LogP contribution in [0.4, 0.5) is 10.1 Å². The van der Waals surface area contributed by atoms with E-state index in [0.29, 0.717) is 12.5 Å². The second kappa shape index (κ2) is 5.69. The van der Waals surface area contributed by atoms with Crippen LogP contribution < -0.4 is 5.73 Å². The van der Waals surface area contributed by atoms with E-state index in [4.69, 9.17) is 5.73 Å². The molecule has 1 fully saturated rings. The summed E-state index contributed by atoms with van der Waals surface area (Å²) in [5, 5.41) is 0. The lowest BCUT2D eigenvalue weighted by Crippen LogP contribution is -2.34. The third-order valence-corrected chi connectivity index (χ3v) is 5.31. The van der Waals surface area contributed by atoms with Crippen molar-refractivity contribution in [3.8, 4) is 0 Å². The largest absolute Gasteiger partial charge is 0.399 e. The molecule has 0 saturated heterocycles. The van der Waals surface area contributed by atoms with Crippen LogP contribution >= 0.6 is 0 Å². The molecular formula is C14H21FN2O2S. The molecule has 0 heterocycles. The Balaban J connectivity index is 2.30. The first-order valence-corrected chi connectivity index (χ1v) is 8.32. The maximum atomic E-state index is 13.4. The zero-order chi connectivity index (χ0) is 14.9. The molecule has 0 spiro atoms. The monoisotopic (exact) mass is 300 g/mol. The summed E-state index contributed by atoms with van der Waals surface area (Å²) in [4.78, 5) is -0.0503. The quantitative estimate of drug-likeness (QED) is 0.821. The van der Waals surface area contributed by atoms with Gasteiger partial charge in [0.15, 0.2) is 0 Å². The second-order valence-electron chi connectivity index (χ2n) is 5.75. The van der Waals surface area contributed by atoms with Crippen LogP contribution in [-0.2, 0) is 10.0 Å². The van der Waals surface area contributed by atoms with E-state index in [1.54, 1.807) is 0 Å². The molecule has 20 heavy (non-hydrogen) atoms. The highest BCUT2D eigenvalue weighted by Gasteiger charge is 2.38. The molecule has 1 aromatic rings. The predicted molar refractivity (Wildman–Crippen MR) is 77.2 cm³/mol. The topological polar surface area (TPSA) is 63.4 Å². The molecule has 0 atom stereocenters. The molecule has 0 bridgehead atoms. The minimum Gasteiger partial charge on any atom is -0.399 e. The standard InChI is InChI=1S/C14H21FN2O2S/c1-10(2)5-6-17(13-3-4-13)20(18,19)14-8-11(15)7-12(16)9-14/h7-10,13H,3-6,16H2,1-2H3. The fraction of sp³-hybridized carbons (Fsp3) is 0.571. The van der Waals surface area contributed by atoms with Gasteiger partial charge in [-0.05, 0) is 43.4 Å². The van der Waals surface area contributed by atoms with Crippen molar-refractivity contribution < 1.29 is 12.8 Å². The first-order chi connectivity index (χ1) is 9.30. The first kappa shape index (κ1) is 15.3. The number of anilines is 1. The summed E-state index contributed by atoms with van der Waals surface area (Å²) in [5.74, 6) is -0.202. The number of nitrogen functional groups attached to an aromatic ring is 1. The molecule has 112 valence electrons. The smallest absolute Gasteiger partial charge is 0.243 e. The van der Waals surface area contributed by atoms with Crippen molar-refractivity contribution >= 4 is 15.7 Å². The number of hydrogen-bond donors (Lipinski definition) is 1. The average Bonchev–Trinajstić information content (AvgIpc) is 3.11. The van der Waals surface area contributed by atoms with Crippen LogP contribution in [0.1, 0.15) is 33.1 Å². The van der Waals surface area contributed by atoms with Crippen molar-refractivity contribution in [2.75, 3.05) is 12.3 Å². The average molecular weight is 300 g/mol. The zero-order valence-corrected chi connectivity index (χ0v) is 12.7. The van der Waals surface area contributed by atoms with E-state index in [9.17, 15) is 12.8 Å². The Kier molecular flexibility index (Phi) is 4.34. The fourth-order valence-electron chi connectivity index (χ4n) is 2.12. The van der Waals surface area contributed by atoms with Crippen LogP contribution in [0.5, 0.6) is 0 Å². The van der Waals surface area contributed by atoms with Crippen molar-refractivity contribution in [1.29, 1.82) is 0 Å². The fourth-order valence-corrected chi connectivity index (χ4v) is 3.88. The van der Waals surface area contributed by atoms with Gasteiger partial charge in [-0.2, -0.15) is 4.31 Å². The lowest BCUT2D eigenvalue weighted by molar-refractivity contribution is 0.373. The third-order valence-electron chi connectivity index (χ3n) is 3.38. The SMILES string of the molecule is CC(C)CCN(C1CC1)S(=O)(=O)c1cc(N)cc(F)c1.